The number of nitrogens with zero attached hydrogens (tertiary/aromatic N) is 24. The summed E-state index contributed by atoms with van der Waals surface area (Å²) in [4.78, 5) is 146. The number of carbonyl (C=O) groups excluding carboxylic acids is 5. The molecular formula is C93H117N29O7. The number of benzene rings is 1. The number of amidine groups is 1. The first-order valence-corrected chi connectivity index (χ1v) is 45.6. The van der Waals surface area contributed by atoms with Gasteiger partial charge < -0.3 is 84.1 Å². The molecule has 5 saturated carbocycles. The quantitative estimate of drug-likeness (QED) is 0.0446. The molecule has 0 spiro atoms. The van der Waals surface area contributed by atoms with Gasteiger partial charge in [0.2, 0.25) is 17.7 Å². The largest absolute Gasteiger partial charge is 0.381 e. The van der Waals surface area contributed by atoms with Gasteiger partial charge in [-0.2, -0.15) is 10.4 Å². The highest BCUT2D eigenvalue weighted by Gasteiger charge is 2.51. The number of likely N-dealkylation sites (tertiary alicyclic amines) is 5. The number of nitrogens with one attached hydrogen (secondary N) is 5. The van der Waals surface area contributed by atoms with Crippen molar-refractivity contribution >= 4 is 120 Å². The highest BCUT2D eigenvalue weighted by atomic mass is 16.3. The fraction of sp³-hybridized carbons (Fsp3) is 0.538. The third-order valence-electron chi connectivity index (χ3n) is 29.9. The van der Waals surface area contributed by atoms with E-state index in [1.165, 1.54) is 0 Å². The molecule has 5 saturated heterocycles. The van der Waals surface area contributed by atoms with Crippen LogP contribution in [-0.2, 0) is 24.0 Å². The van der Waals surface area contributed by atoms with Crippen molar-refractivity contribution in [3.8, 4) is 6.07 Å². The van der Waals surface area contributed by atoms with Gasteiger partial charge in [-0.15, -0.1) is 5.11 Å². The van der Waals surface area contributed by atoms with E-state index in [-0.39, 0.29) is 30.0 Å². The predicted molar refractivity (Wildman–Crippen MR) is 489 cm³/mol. The number of H-pyrrole nitrogens is 5. The number of nitriles is 1. The number of hydrogen-bond donors (Lipinski definition) is 7. The lowest BCUT2D eigenvalue weighted by molar-refractivity contribution is -0.147. The Hall–Kier alpha value is -12.7. The molecule has 5 aliphatic carbocycles. The smallest absolute Gasteiger partial charge is 0.256 e. The van der Waals surface area contributed by atoms with E-state index in [1.54, 1.807) is 64.5 Å². The topological polar surface area (TPSA) is 427 Å². The summed E-state index contributed by atoms with van der Waals surface area (Å²) in [5, 5.41) is 42.4. The summed E-state index contributed by atoms with van der Waals surface area (Å²) in [5.41, 5.74) is 3.70. The van der Waals surface area contributed by atoms with Crippen LogP contribution in [0.1, 0.15) is 116 Å². The Kier molecular flexibility index (Phi) is 24.9. The van der Waals surface area contributed by atoms with Crippen molar-refractivity contribution in [1.82, 2.24) is 99.3 Å². The van der Waals surface area contributed by atoms with Gasteiger partial charge in [0.05, 0.1) is 39.4 Å². The summed E-state index contributed by atoms with van der Waals surface area (Å²) >= 11 is 0. The number of aliphatic imine (C=N–C) groups is 1. The molecule has 0 radical (unpaired) electrons. The lowest BCUT2D eigenvalue weighted by Crippen LogP contribution is -2.45. The average Bonchev–Trinajstić information content (AvgIpc) is 1.62. The second-order valence-electron chi connectivity index (χ2n) is 38.0. The van der Waals surface area contributed by atoms with Crippen molar-refractivity contribution in [3.63, 3.8) is 0 Å². The Labute approximate surface area is 748 Å². The molecule has 10 aromatic heterocycles. The van der Waals surface area contributed by atoms with E-state index in [4.69, 9.17) is 5.26 Å². The molecule has 10 fully saturated rings. The highest BCUT2D eigenvalue weighted by Crippen LogP contribution is 2.48. The van der Waals surface area contributed by atoms with E-state index in [0.717, 1.165) is 214 Å². The Morgan fingerprint density at radius 1 is 0.426 bits per heavy atom. The maximum Gasteiger partial charge on any atom is 0.256 e. The molecule has 22 rings (SSSR count). The fourth-order valence-electron chi connectivity index (χ4n) is 22.9. The van der Waals surface area contributed by atoms with E-state index in [0.29, 0.717) is 120 Å². The Morgan fingerprint density at radius 3 is 0.992 bits per heavy atom. The zero-order valence-electron chi connectivity index (χ0n) is 74.8. The third kappa shape index (κ3) is 17.8. The van der Waals surface area contributed by atoms with Gasteiger partial charge in [0, 0.05) is 168 Å². The van der Waals surface area contributed by atoms with Crippen LogP contribution >= 0.6 is 0 Å². The number of aromatic nitrogens is 15. The molecule has 7 N–H and O–H groups in total. The minimum absolute atomic E-state index is 0.0216. The zero-order valence-corrected chi connectivity index (χ0v) is 74.8. The first-order chi connectivity index (χ1) is 62.4. The molecule has 11 aliphatic rings. The molecule has 6 unspecified atom stereocenters. The van der Waals surface area contributed by atoms with Crippen LogP contribution in [-0.4, -0.2) is 288 Å². The normalized spacial score (nSPS) is 26.1. The van der Waals surface area contributed by atoms with Gasteiger partial charge in [0.25, 0.3) is 11.8 Å². The zero-order chi connectivity index (χ0) is 89.6. The summed E-state index contributed by atoms with van der Waals surface area (Å²) in [6, 6.07) is 23.5. The molecule has 16 heterocycles. The van der Waals surface area contributed by atoms with E-state index < -0.39 is 17.6 Å². The molecule has 0 bridgehead atoms. The maximum absolute atomic E-state index is 12.8. The number of rotatable bonds is 17. The van der Waals surface area contributed by atoms with Gasteiger partial charge in [0.15, 0.2) is 18.6 Å². The fourth-order valence-corrected chi connectivity index (χ4v) is 22.9. The van der Waals surface area contributed by atoms with E-state index in [9.17, 15) is 34.2 Å². The molecule has 5 amide bonds. The number of hydrogen-bond acceptors (Lipinski definition) is 26. The van der Waals surface area contributed by atoms with Gasteiger partial charge in [0.1, 0.15) is 100 Å². The molecule has 6 aliphatic heterocycles. The van der Waals surface area contributed by atoms with Crippen LogP contribution in [0.25, 0.3) is 55.2 Å². The summed E-state index contributed by atoms with van der Waals surface area (Å²) < 4.78 is 0. The molecule has 11 aromatic rings. The first kappa shape index (κ1) is 87.1. The van der Waals surface area contributed by atoms with Gasteiger partial charge in [-0.25, -0.2) is 54.8 Å². The standard InChI is InChI=1S/C22H25N5O2.C18H22N8O.C18H22N6O.C18H25N5O2.C17H23N5O/c1-26(21-18-7-8-23-20(18)24-13-25-21)17-9-15-11-27(12-16(15)10-17)22(29)19(28)14-5-3-2-4-6-14;1-25(18-14-2-3-19-17(14)21-9-22-18)13-4-11-7-26(8-12(11)5-13)16(27)6-15-20-10-23-24-15;1-11(7-19)18(25)24-8-12-5-14(6-13(12)9-24)23(2)17-15-3-4-20-16(15)21-10-22-17;1-18(2,25)17(24)23-8-11-6-13(7-12(11)9-23)22(3)16-14-4-5-19-15(14)20-10-21-16;1-3-15(23)22-8-11-6-13(7-12(11)9-22)21(2)17-14-4-5-18-16(14)19-10-20-17/h2-8,13,15-17,19,28H,9-12H2,1H3,(H,23,24,25);2-3,9,11-13H,4-8,10H2,1H3,(H,19,21,22);3-4,10-14H,5-6,8-9H2,1-2H3,(H,20,21,22);4-5,10-13,25H,6-9H2,1-3H3,(H,19,20,21);4-5,10-13H,3,6-9H2,1-2H3,(H,18,19,20)/t15-,16+,17?,19-;11-,12+,13?;11?,12-,13+,14?;2*11-,12+,13?/m1..../s1. The van der Waals surface area contributed by atoms with Crippen LogP contribution in [0.4, 0.5) is 29.1 Å². The SMILES string of the molecule is CC(C#N)C(=O)N1C[C@H]2CC(N(C)c3ncnc4[nH]ccc34)C[C@H]2C1.CCC(=O)N1C[C@H]2CC(N(C)c3ncnc4[nH]ccc34)C[C@H]2C1.CN(c1ncnc2[nH]ccc12)C1C[C@@H]2CN(C(=O)C(C)(C)O)C[C@@H]2C1.CN(c1ncnc2[nH]ccc12)C1C[C@@H]2CN(C(=O)CC3=NCN=N3)C[C@@H]2C1.CN(c1ncnc2[nH]ccc12)C1C[C@@H]2CN(C(=O)[C@H](O)c3ccccc3)C[C@@H]2C1. The monoisotopic (exact) mass is 1750 g/mol. The number of aliphatic hydroxyl groups is 2. The third-order valence-corrected chi connectivity index (χ3v) is 29.9. The van der Waals surface area contributed by atoms with Gasteiger partial charge in [-0.05, 0) is 180 Å². The van der Waals surface area contributed by atoms with Gasteiger partial charge >= 0.3 is 0 Å². The lowest BCUT2D eigenvalue weighted by atomic mass is 10.0. The van der Waals surface area contributed by atoms with E-state index >= 15 is 0 Å². The van der Waals surface area contributed by atoms with Crippen LogP contribution in [0.5, 0.6) is 0 Å². The number of aromatic amines is 5. The Bertz CT molecular complexity index is 5900. The highest BCUT2D eigenvalue weighted by molar-refractivity contribution is 6.01. The van der Waals surface area contributed by atoms with Crippen LogP contribution in [0.15, 0.2) is 139 Å². The Balaban J connectivity index is 0.000000109. The van der Waals surface area contributed by atoms with Gasteiger partial charge in [-0.1, -0.05) is 37.3 Å². The van der Waals surface area contributed by atoms with Crippen molar-refractivity contribution in [2.45, 2.75) is 147 Å². The van der Waals surface area contributed by atoms with Crippen molar-refractivity contribution in [3.05, 3.63) is 129 Å². The molecule has 36 heteroatoms. The van der Waals surface area contributed by atoms with Crippen LogP contribution in [0.3, 0.4) is 0 Å². The first-order valence-electron chi connectivity index (χ1n) is 45.6. The number of anilines is 5. The van der Waals surface area contributed by atoms with Crippen molar-refractivity contribution in [2.75, 3.05) is 132 Å². The molecule has 17 atom stereocenters. The van der Waals surface area contributed by atoms with Crippen molar-refractivity contribution in [2.24, 2.45) is 80.3 Å². The second-order valence-corrected chi connectivity index (χ2v) is 38.0. The van der Waals surface area contributed by atoms with E-state index in [2.05, 4.69) is 161 Å². The van der Waals surface area contributed by atoms with Crippen molar-refractivity contribution < 1.29 is 34.2 Å². The Morgan fingerprint density at radius 2 is 0.713 bits per heavy atom. The molecule has 1 aromatic carbocycles. The van der Waals surface area contributed by atoms with Gasteiger partial charge in [-0.3, -0.25) is 24.0 Å². The number of aliphatic hydroxyl groups excluding tert-OH is 1. The second kappa shape index (κ2) is 36.8. The number of fused-ring (bicyclic) bond motifs is 10. The van der Waals surface area contributed by atoms with Crippen LogP contribution in [0.2, 0.25) is 0 Å². The summed E-state index contributed by atoms with van der Waals surface area (Å²) in [6.45, 7) is 15.2. The molecular weight excluding hydrogens is 1640 g/mol. The summed E-state index contributed by atoms with van der Waals surface area (Å²) in [6.07, 6.45) is 28.1. The molecule has 36 nitrogen and oxygen atoms in total. The summed E-state index contributed by atoms with van der Waals surface area (Å²) in [7, 11) is 10.5. The maximum atomic E-state index is 12.8. The van der Waals surface area contributed by atoms with E-state index in [1.807, 2.05) is 106 Å². The average molecular weight is 1750 g/mol. The number of amides is 5. The molecule has 676 valence electrons. The lowest BCUT2D eigenvalue weighted by Gasteiger charge is -2.29. The minimum atomic E-state index is -1.28. The molecule has 129 heavy (non-hydrogen) atoms. The number of carbonyl (C=O) groups is 5. The van der Waals surface area contributed by atoms with Crippen LogP contribution < -0.4 is 24.5 Å². The van der Waals surface area contributed by atoms with Crippen molar-refractivity contribution in [1.29, 1.82) is 5.26 Å². The summed E-state index contributed by atoms with van der Waals surface area (Å²) in [5.74, 6) is 10.3. The number of azo groups is 1. The van der Waals surface area contributed by atoms with Crippen LogP contribution in [0, 0.1) is 76.4 Å². The minimum Gasteiger partial charge on any atom is -0.381 e. The predicted octanol–water partition coefficient (Wildman–Crippen LogP) is 9.44.